The summed E-state index contributed by atoms with van der Waals surface area (Å²) >= 11 is 0. The fourth-order valence-electron chi connectivity index (χ4n) is 3.66. The first kappa shape index (κ1) is 23.8. The van der Waals surface area contributed by atoms with E-state index >= 15 is 0 Å². The van der Waals surface area contributed by atoms with Crippen molar-refractivity contribution >= 4 is 31.8 Å². The maximum absolute atomic E-state index is 12.2. The average Bonchev–Trinajstić information content (AvgIpc) is 3.43. The number of rotatable bonds is 10. The van der Waals surface area contributed by atoms with Gasteiger partial charge >= 0.3 is 94.6 Å². The topological polar surface area (TPSA) is 92.7 Å². The summed E-state index contributed by atoms with van der Waals surface area (Å²) in [7, 11) is 3.52. The van der Waals surface area contributed by atoms with Gasteiger partial charge in [-0.1, -0.05) is 12.1 Å². The predicted octanol–water partition coefficient (Wildman–Crippen LogP) is 2.18. The van der Waals surface area contributed by atoms with Crippen LogP contribution in [0.25, 0.3) is 12.2 Å². The van der Waals surface area contributed by atoms with Crippen molar-refractivity contribution in [3.05, 3.63) is 72.0 Å². The summed E-state index contributed by atoms with van der Waals surface area (Å²) < 4.78 is 33.4. The van der Waals surface area contributed by atoms with Crippen molar-refractivity contribution in [2.24, 2.45) is 0 Å². The van der Waals surface area contributed by atoms with Crippen LogP contribution in [0.1, 0.15) is 11.1 Å². The Kier molecular flexibility index (Phi) is 8.14. The van der Waals surface area contributed by atoms with Crippen LogP contribution in [0.2, 0.25) is 0 Å². The molecule has 0 spiro atoms. The molecule has 0 saturated carbocycles. The van der Waals surface area contributed by atoms with Gasteiger partial charge in [0.2, 0.25) is 0 Å². The third-order valence-corrected chi connectivity index (χ3v) is 5.34. The molecule has 9 heteroatoms. The number of ether oxygens (including phenoxy) is 6. The number of benzene rings is 2. The second-order valence-electron chi connectivity index (χ2n) is 7.64. The Hall–Kier alpha value is -3.40. The fraction of sp³-hybridized carbons (Fsp3) is 0.280. The number of phenols is 1. The van der Waals surface area contributed by atoms with Gasteiger partial charge in [0.05, 0.1) is 13.2 Å². The van der Waals surface area contributed by atoms with Gasteiger partial charge in [0, 0.05) is 6.08 Å². The van der Waals surface area contributed by atoms with Gasteiger partial charge in [-0.2, -0.15) is 0 Å². The Balaban J connectivity index is 1.18. The predicted molar refractivity (Wildman–Crippen MR) is 127 cm³/mol. The first-order valence-corrected chi connectivity index (χ1v) is 10.8. The summed E-state index contributed by atoms with van der Waals surface area (Å²) in [5.74, 6) is 0.379. The molecule has 2 unspecified atom stereocenters. The van der Waals surface area contributed by atoms with Crippen molar-refractivity contribution in [3.8, 4) is 11.5 Å². The van der Waals surface area contributed by atoms with Gasteiger partial charge in [-0.05, 0) is 23.8 Å². The summed E-state index contributed by atoms with van der Waals surface area (Å²) in [4.78, 5) is 12.2. The number of aromatic hydroxyl groups is 1. The molecule has 2 heterocycles. The van der Waals surface area contributed by atoms with Crippen LogP contribution >= 0.6 is 0 Å². The Labute approximate surface area is 198 Å². The zero-order valence-corrected chi connectivity index (χ0v) is 18.4. The Morgan fingerprint density at radius 3 is 2.35 bits per heavy atom. The molecule has 0 bridgehead atoms. The van der Waals surface area contributed by atoms with Crippen molar-refractivity contribution in [2.45, 2.75) is 24.4 Å². The number of carbonyl (C=O) groups excluding carboxylic acids is 1. The average molecular weight is 464 g/mol. The molecule has 0 amide bonds. The van der Waals surface area contributed by atoms with Crippen molar-refractivity contribution in [1.29, 1.82) is 0 Å². The van der Waals surface area contributed by atoms with Crippen molar-refractivity contribution in [3.63, 3.8) is 0 Å². The van der Waals surface area contributed by atoms with E-state index in [0.29, 0.717) is 12.4 Å². The van der Waals surface area contributed by atoms with Gasteiger partial charge in [-0.3, -0.25) is 0 Å². The molecule has 34 heavy (non-hydrogen) atoms. The van der Waals surface area contributed by atoms with Gasteiger partial charge in [0.25, 0.3) is 0 Å². The van der Waals surface area contributed by atoms with Gasteiger partial charge in [0.1, 0.15) is 18.0 Å². The molecule has 2 saturated heterocycles. The minimum atomic E-state index is -0.510. The van der Waals surface area contributed by atoms with Crippen LogP contribution < -0.4 is 4.74 Å². The van der Waals surface area contributed by atoms with Crippen LogP contribution in [-0.2, 0) is 28.5 Å². The Bertz CT molecular complexity index is 1020. The van der Waals surface area contributed by atoms with E-state index in [1.807, 2.05) is 30.3 Å². The van der Waals surface area contributed by atoms with Crippen molar-refractivity contribution in [2.75, 3.05) is 20.0 Å². The molecule has 0 aromatic heterocycles. The van der Waals surface area contributed by atoms with E-state index in [1.165, 1.54) is 12.2 Å². The maximum atomic E-state index is 12.2. The summed E-state index contributed by atoms with van der Waals surface area (Å²) in [6.45, 7) is 0.597. The third-order valence-electron chi connectivity index (χ3n) is 5.34. The van der Waals surface area contributed by atoms with Crippen molar-refractivity contribution < 1.29 is 38.3 Å². The molecule has 2 fully saturated rings. The third kappa shape index (κ3) is 6.35. The molecule has 2 aromatic rings. The molecule has 2 aliphatic heterocycles. The van der Waals surface area contributed by atoms with Gasteiger partial charge in [-0.25, -0.2) is 4.79 Å². The Morgan fingerprint density at radius 1 is 0.971 bits per heavy atom. The molecule has 176 valence electrons. The molecular weight excluding hydrogens is 439 g/mol. The first-order valence-electron chi connectivity index (χ1n) is 10.8. The van der Waals surface area contributed by atoms with Crippen LogP contribution in [0.15, 0.2) is 60.9 Å². The van der Waals surface area contributed by atoms with Crippen molar-refractivity contribution in [1.82, 2.24) is 0 Å². The van der Waals surface area contributed by atoms with Crippen LogP contribution in [0.4, 0.5) is 0 Å². The quantitative estimate of drug-likeness (QED) is 0.143. The van der Waals surface area contributed by atoms with E-state index in [0.717, 1.165) is 11.1 Å². The van der Waals surface area contributed by atoms with Crippen LogP contribution in [0, 0.1) is 0 Å². The zero-order chi connectivity index (χ0) is 23.8. The second-order valence-corrected chi connectivity index (χ2v) is 7.64. The molecular formula is C25H25BO8. The summed E-state index contributed by atoms with van der Waals surface area (Å²) in [6, 6.07) is 13.9. The molecule has 8 nitrogen and oxygen atoms in total. The van der Waals surface area contributed by atoms with Crippen LogP contribution in [0.3, 0.4) is 0 Å². The fourth-order valence-corrected chi connectivity index (χ4v) is 3.66. The van der Waals surface area contributed by atoms with E-state index in [9.17, 15) is 9.90 Å². The van der Waals surface area contributed by atoms with Gasteiger partial charge in [-0.15, -0.1) is 0 Å². The number of hydrogen-bond acceptors (Lipinski definition) is 8. The second kappa shape index (κ2) is 11.6. The first-order chi connectivity index (χ1) is 16.6. The molecule has 4 atom stereocenters. The van der Waals surface area contributed by atoms with E-state index in [1.54, 1.807) is 36.6 Å². The summed E-state index contributed by atoms with van der Waals surface area (Å²) in [5.41, 5.74) is 1.72. The normalized spacial score (nSPS) is 23.7. The monoisotopic (exact) mass is 464 g/mol. The van der Waals surface area contributed by atoms with E-state index in [2.05, 4.69) is 7.49 Å². The Morgan fingerprint density at radius 2 is 1.62 bits per heavy atom. The molecule has 0 radical (unpaired) electrons. The number of carbonyl (C=O) groups is 1. The molecule has 2 aliphatic rings. The zero-order valence-electron chi connectivity index (χ0n) is 18.4. The standard InChI is InChI=1S/C25H25BO8/c26-15-32-20-8-3-18(4-9-20)11-12-29-16-33-21-13-30-25-22(14-31-24(21)25)34-23(28)10-5-17-1-6-19(27)7-2-17/h1-12,15,21-22,24-27H,13-14,16H2/b10-5+,12-11+/t21-,22-,24?,25?/m1/s1. The van der Waals surface area contributed by atoms with Gasteiger partial charge < -0.3 is 19.3 Å². The molecule has 2 aromatic carbocycles. The molecule has 4 rings (SSSR count). The van der Waals surface area contributed by atoms with Crippen LogP contribution in [0.5, 0.6) is 11.5 Å². The van der Waals surface area contributed by atoms with Gasteiger partial charge in [0.15, 0.2) is 6.10 Å². The van der Waals surface area contributed by atoms with Crippen LogP contribution in [-0.4, -0.2) is 69.1 Å². The number of esters is 1. The number of phenolic OH excluding ortho intramolecular Hbond substituents is 1. The molecule has 0 aliphatic carbocycles. The van der Waals surface area contributed by atoms with E-state index in [4.69, 9.17) is 28.4 Å². The summed E-state index contributed by atoms with van der Waals surface area (Å²) in [5, 5.41) is 9.31. The SMILES string of the molecule is B=COc1ccc(/C=C/OCO[C@@H]2COC3C2OC[C@H]3OC(=O)/C=C/c2ccc(O)cc2)cc1. The van der Waals surface area contributed by atoms with E-state index < -0.39 is 12.1 Å². The summed E-state index contributed by atoms with van der Waals surface area (Å²) in [6.07, 6.45) is 6.15. The number of hydrogen-bond donors (Lipinski definition) is 1. The number of fused-ring (bicyclic) bond motifs is 1. The molecule has 1 N–H and O–H groups in total. The minimum absolute atomic E-state index is 0.0363. The van der Waals surface area contributed by atoms with E-state index in [-0.39, 0.29) is 37.5 Å².